The second-order valence-corrected chi connectivity index (χ2v) is 2.47. The second kappa shape index (κ2) is 2.39. The SMILES string of the molecule is CNN1C=CSC1N. The Hall–Kier alpha value is -0.190. The van der Waals surface area contributed by atoms with Crippen molar-refractivity contribution in [2.75, 3.05) is 7.05 Å². The summed E-state index contributed by atoms with van der Waals surface area (Å²) >= 11 is 1.59. The molecule has 0 radical (unpaired) electrons. The third kappa shape index (κ3) is 0.964. The molecule has 3 nitrogen and oxygen atoms in total. The zero-order valence-electron chi connectivity index (χ0n) is 4.66. The van der Waals surface area contributed by atoms with Gasteiger partial charge in [-0.1, -0.05) is 11.8 Å². The first-order valence-corrected chi connectivity index (χ1v) is 3.32. The largest absolute Gasteiger partial charge is 0.301 e. The minimum Gasteiger partial charge on any atom is -0.301 e. The van der Waals surface area contributed by atoms with E-state index in [4.69, 9.17) is 5.73 Å². The van der Waals surface area contributed by atoms with Gasteiger partial charge in [0, 0.05) is 13.2 Å². The summed E-state index contributed by atoms with van der Waals surface area (Å²) in [5, 5.41) is 3.80. The Morgan fingerprint density at radius 1 is 1.88 bits per heavy atom. The Morgan fingerprint density at radius 2 is 2.62 bits per heavy atom. The summed E-state index contributed by atoms with van der Waals surface area (Å²) in [4.78, 5) is 0. The van der Waals surface area contributed by atoms with E-state index in [1.165, 1.54) is 0 Å². The van der Waals surface area contributed by atoms with Crippen LogP contribution in [0.4, 0.5) is 0 Å². The van der Waals surface area contributed by atoms with Crippen molar-refractivity contribution in [3.05, 3.63) is 11.6 Å². The van der Waals surface area contributed by atoms with Crippen molar-refractivity contribution in [3.63, 3.8) is 0 Å². The van der Waals surface area contributed by atoms with Gasteiger partial charge in [0.1, 0.15) is 5.50 Å². The zero-order valence-corrected chi connectivity index (χ0v) is 5.48. The molecule has 1 rings (SSSR count). The molecule has 0 aromatic carbocycles. The number of nitrogens with two attached hydrogens (primary N) is 1. The van der Waals surface area contributed by atoms with Crippen molar-refractivity contribution in [1.82, 2.24) is 10.4 Å². The lowest BCUT2D eigenvalue weighted by Crippen LogP contribution is -2.40. The van der Waals surface area contributed by atoms with Gasteiger partial charge in [-0.3, -0.25) is 5.01 Å². The van der Waals surface area contributed by atoms with Crippen LogP contribution >= 0.6 is 11.8 Å². The van der Waals surface area contributed by atoms with Crippen LogP contribution in [0.15, 0.2) is 11.6 Å². The smallest absolute Gasteiger partial charge is 0.143 e. The lowest BCUT2D eigenvalue weighted by molar-refractivity contribution is 0.290. The van der Waals surface area contributed by atoms with Gasteiger partial charge in [-0.25, -0.2) is 5.43 Å². The van der Waals surface area contributed by atoms with E-state index in [0.29, 0.717) is 0 Å². The third-order valence-corrected chi connectivity index (χ3v) is 1.76. The molecule has 0 spiro atoms. The maximum Gasteiger partial charge on any atom is 0.143 e. The molecule has 3 N–H and O–H groups in total. The Bertz CT molecular complexity index is 103. The summed E-state index contributed by atoms with van der Waals surface area (Å²) in [6.45, 7) is 0. The van der Waals surface area contributed by atoms with Crippen LogP contribution in [0.5, 0.6) is 0 Å². The summed E-state index contributed by atoms with van der Waals surface area (Å²) in [7, 11) is 1.84. The van der Waals surface area contributed by atoms with Crippen LogP contribution in [0.3, 0.4) is 0 Å². The van der Waals surface area contributed by atoms with Gasteiger partial charge in [-0.2, -0.15) is 0 Å². The molecule has 8 heavy (non-hydrogen) atoms. The van der Waals surface area contributed by atoms with Gasteiger partial charge in [0.25, 0.3) is 0 Å². The highest BCUT2D eigenvalue weighted by atomic mass is 32.2. The first-order valence-electron chi connectivity index (χ1n) is 2.38. The number of nitrogens with zero attached hydrogens (tertiary/aromatic N) is 1. The lowest BCUT2D eigenvalue weighted by atomic mass is 10.9. The van der Waals surface area contributed by atoms with Crippen molar-refractivity contribution in [2.45, 2.75) is 5.50 Å². The van der Waals surface area contributed by atoms with Crippen LogP contribution < -0.4 is 11.2 Å². The quantitative estimate of drug-likeness (QED) is 0.520. The minimum atomic E-state index is 0.0556. The van der Waals surface area contributed by atoms with Crippen LogP contribution in [0.2, 0.25) is 0 Å². The predicted octanol–water partition coefficient (Wildman–Crippen LogP) is -0.117. The summed E-state index contributed by atoms with van der Waals surface area (Å²) in [5.74, 6) is 0. The second-order valence-electron chi connectivity index (χ2n) is 1.44. The zero-order chi connectivity index (χ0) is 5.98. The van der Waals surface area contributed by atoms with Crippen LogP contribution in [-0.2, 0) is 0 Å². The molecule has 0 aromatic rings. The monoisotopic (exact) mass is 131 g/mol. The number of hydrogen-bond acceptors (Lipinski definition) is 4. The molecular formula is C4H9N3S. The molecule has 46 valence electrons. The molecule has 0 bridgehead atoms. The molecule has 0 saturated carbocycles. The van der Waals surface area contributed by atoms with Crippen LogP contribution in [0, 0.1) is 0 Å². The average Bonchev–Trinajstić information content (AvgIpc) is 2.14. The van der Waals surface area contributed by atoms with Gasteiger partial charge in [0.15, 0.2) is 0 Å². The van der Waals surface area contributed by atoms with Gasteiger partial charge in [-0.05, 0) is 5.41 Å². The number of hydrazine groups is 1. The maximum absolute atomic E-state index is 5.55. The normalized spacial score (nSPS) is 27.2. The molecule has 0 aliphatic carbocycles. The Balaban J connectivity index is 2.41. The Kier molecular flexibility index (Phi) is 1.77. The molecule has 0 amide bonds. The summed E-state index contributed by atoms with van der Waals surface area (Å²) in [6.07, 6.45) is 1.91. The fourth-order valence-corrected chi connectivity index (χ4v) is 1.20. The van der Waals surface area contributed by atoms with Crippen molar-refractivity contribution >= 4 is 11.8 Å². The molecule has 1 atom stereocenters. The summed E-state index contributed by atoms with van der Waals surface area (Å²) in [6, 6.07) is 0. The number of thioether (sulfide) groups is 1. The van der Waals surface area contributed by atoms with Crippen molar-refractivity contribution in [2.24, 2.45) is 5.73 Å². The fraction of sp³-hybridized carbons (Fsp3) is 0.500. The molecule has 1 aliphatic rings. The van der Waals surface area contributed by atoms with E-state index < -0.39 is 0 Å². The van der Waals surface area contributed by atoms with Crippen LogP contribution in [0.1, 0.15) is 0 Å². The molecule has 0 saturated heterocycles. The van der Waals surface area contributed by atoms with E-state index in [0.717, 1.165) is 0 Å². The van der Waals surface area contributed by atoms with Gasteiger partial charge < -0.3 is 5.73 Å². The molecule has 1 unspecified atom stereocenters. The highest BCUT2D eigenvalue weighted by molar-refractivity contribution is 8.02. The van der Waals surface area contributed by atoms with Crippen LogP contribution in [-0.4, -0.2) is 17.6 Å². The van der Waals surface area contributed by atoms with Gasteiger partial charge in [-0.15, -0.1) is 0 Å². The minimum absolute atomic E-state index is 0.0556. The summed E-state index contributed by atoms with van der Waals surface area (Å²) in [5.41, 5.74) is 8.52. The molecule has 4 heteroatoms. The standard InChI is InChI=1S/C4H9N3S/c1-6-7-2-3-8-4(7)5/h2-4,6H,5H2,1H3. The Morgan fingerprint density at radius 3 is 2.88 bits per heavy atom. The first kappa shape index (κ1) is 5.94. The highest BCUT2D eigenvalue weighted by Gasteiger charge is 2.11. The van der Waals surface area contributed by atoms with Crippen molar-refractivity contribution < 1.29 is 0 Å². The molecule has 0 fully saturated rings. The van der Waals surface area contributed by atoms with Crippen LogP contribution in [0.25, 0.3) is 0 Å². The van der Waals surface area contributed by atoms with Crippen molar-refractivity contribution in [3.8, 4) is 0 Å². The van der Waals surface area contributed by atoms with Gasteiger partial charge >= 0.3 is 0 Å². The van der Waals surface area contributed by atoms with Gasteiger partial charge in [0.2, 0.25) is 0 Å². The number of hydrogen-bond donors (Lipinski definition) is 2. The highest BCUT2D eigenvalue weighted by Crippen LogP contribution is 2.17. The molecule has 0 aromatic heterocycles. The first-order chi connectivity index (χ1) is 3.84. The van der Waals surface area contributed by atoms with E-state index in [1.54, 1.807) is 11.8 Å². The fourth-order valence-electron chi connectivity index (χ4n) is 0.533. The van der Waals surface area contributed by atoms with E-state index in [9.17, 15) is 0 Å². The maximum atomic E-state index is 5.55. The molecule has 1 aliphatic heterocycles. The average molecular weight is 131 g/mol. The van der Waals surface area contributed by atoms with E-state index >= 15 is 0 Å². The number of rotatable bonds is 1. The Labute approximate surface area is 52.9 Å². The van der Waals surface area contributed by atoms with Crippen molar-refractivity contribution in [1.29, 1.82) is 0 Å². The number of nitrogens with one attached hydrogen (secondary N) is 1. The topological polar surface area (TPSA) is 41.3 Å². The van der Waals surface area contributed by atoms with E-state index in [1.807, 2.05) is 23.7 Å². The molecular weight excluding hydrogens is 122 g/mol. The van der Waals surface area contributed by atoms with E-state index in [-0.39, 0.29) is 5.50 Å². The predicted molar refractivity (Wildman–Crippen MR) is 35.6 cm³/mol. The lowest BCUT2D eigenvalue weighted by Gasteiger charge is -2.18. The third-order valence-electron chi connectivity index (χ3n) is 0.972. The van der Waals surface area contributed by atoms with Gasteiger partial charge in [0.05, 0.1) is 0 Å². The molecule has 1 heterocycles. The van der Waals surface area contributed by atoms with E-state index in [2.05, 4.69) is 5.43 Å². The summed E-state index contributed by atoms with van der Waals surface area (Å²) < 4.78 is 0.